The average Bonchev–Trinajstić information content (AvgIpc) is 3.44. The first-order valence-electron chi connectivity index (χ1n) is 11.2. The van der Waals surface area contributed by atoms with E-state index in [9.17, 15) is 9.59 Å². The summed E-state index contributed by atoms with van der Waals surface area (Å²) in [7, 11) is 0. The lowest BCUT2D eigenvalue weighted by molar-refractivity contribution is -0.140. The highest BCUT2D eigenvalue weighted by atomic mass is 32.1. The summed E-state index contributed by atoms with van der Waals surface area (Å²) >= 11 is 1.58. The third-order valence-corrected chi connectivity index (χ3v) is 6.53. The van der Waals surface area contributed by atoms with Crippen LogP contribution in [0.2, 0.25) is 0 Å². The molecule has 2 saturated heterocycles. The van der Waals surface area contributed by atoms with Gasteiger partial charge in [-0.05, 0) is 51.5 Å². The Morgan fingerprint density at radius 1 is 1.19 bits per heavy atom. The number of carbonyl (C=O) groups is 2. The zero-order valence-corrected chi connectivity index (χ0v) is 19.8. The zero-order valence-electron chi connectivity index (χ0n) is 19.0. The van der Waals surface area contributed by atoms with Crippen LogP contribution >= 0.6 is 11.3 Å². The van der Waals surface area contributed by atoms with E-state index in [1.807, 2.05) is 43.2 Å². The molecule has 0 saturated carbocycles. The minimum atomic E-state index is -0.578. The van der Waals surface area contributed by atoms with Gasteiger partial charge in [-0.2, -0.15) is 4.98 Å². The Hall–Kier alpha value is -2.46. The van der Waals surface area contributed by atoms with Gasteiger partial charge in [-0.1, -0.05) is 11.2 Å². The molecule has 4 heterocycles. The molecule has 2 amide bonds. The highest BCUT2D eigenvalue weighted by Gasteiger charge is 2.37. The van der Waals surface area contributed by atoms with Crippen LogP contribution in [0.1, 0.15) is 45.9 Å². The number of piperazine rings is 1. The van der Waals surface area contributed by atoms with Crippen LogP contribution in [0, 0.1) is 0 Å². The highest BCUT2D eigenvalue weighted by Crippen LogP contribution is 2.24. The minimum absolute atomic E-state index is 0.0213. The maximum atomic E-state index is 13.3. The smallest absolute Gasteiger partial charge is 0.410 e. The van der Waals surface area contributed by atoms with Crippen molar-refractivity contribution >= 4 is 23.3 Å². The predicted octanol–water partition coefficient (Wildman–Crippen LogP) is 3.23. The summed E-state index contributed by atoms with van der Waals surface area (Å²) in [5.41, 5.74) is -0.578. The average molecular weight is 462 g/mol. The van der Waals surface area contributed by atoms with E-state index in [-0.39, 0.29) is 5.91 Å². The van der Waals surface area contributed by atoms with Gasteiger partial charge in [0.05, 0.1) is 11.4 Å². The normalized spacial score (nSPS) is 20.4. The van der Waals surface area contributed by atoms with Crippen LogP contribution in [-0.2, 0) is 16.1 Å². The van der Waals surface area contributed by atoms with Crippen molar-refractivity contribution in [1.82, 2.24) is 24.8 Å². The van der Waals surface area contributed by atoms with E-state index in [0.29, 0.717) is 44.3 Å². The van der Waals surface area contributed by atoms with Gasteiger partial charge in [0.2, 0.25) is 17.6 Å². The van der Waals surface area contributed by atoms with Crippen LogP contribution in [-0.4, -0.2) is 81.2 Å². The van der Waals surface area contributed by atoms with Gasteiger partial charge in [-0.25, -0.2) is 4.79 Å². The van der Waals surface area contributed by atoms with Crippen molar-refractivity contribution in [2.24, 2.45) is 0 Å². The summed E-state index contributed by atoms with van der Waals surface area (Å²) in [6.45, 7) is 9.34. The van der Waals surface area contributed by atoms with E-state index >= 15 is 0 Å². The number of piperidine rings is 1. The van der Waals surface area contributed by atoms with Crippen molar-refractivity contribution < 1.29 is 18.8 Å². The maximum absolute atomic E-state index is 13.3. The largest absolute Gasteiger partial charge is 0.444 e. The highest BCUT2D eigenvalue weighted by molar-refractivity contribution is 7.13. The fraction of sp³-hybridized carbons (Fsp3) is 0.636. The van der Waals surface area contributed by atoms with Crippen molar-refractivity contribution in [1.29, 1.82) is 0 Å². The standard InChI is InChI=1S/C22H31N5O4S/c1-22(2,3)30-21(29)27-9-5-4-7-16(27)20(28)26-12-10-25(11-13-26)15-18-23-19(24-31-18)17-8-6-14-32-17/h6,8,14,16H,4-5,7,9-13,15H2,1-3H3. The van der Waals surface area contributed by atoms with E-state index in [0.717, 1.165) is 30.8 Å². The zero-order chi connectivity index (χ0) is 22.7. The number of rotatable bonds is 4. The molecule has 9 nitrogen and oxygen atoms in total. The Morgan fingerprint density at radius 2 is 1.97 bits per heavy atom. The molecule has 32 heavy (non-hydrogen) atoms. The van der Waals surface area contributed by atoms with E-state index in [1.54, 1.807) is 16.2 Å². The summed E-state index contributed by atoms with van der Waals surface area (Å²) in [5.74, 6) is 1.22. The molecular formula is C22H31N5O4S. The topological polar surface area (TPSA) is 92.0 Å². The first kappa shape index (κ1) is 22.7. The lowest BCUT2D eigenvalue weighted by Crippen LogP contribution is -2.57. The number of amides is 2. The first-order valence-corrected chi connectivity index (χ1v) is 12.1. The molecule has 2 aromatic heterocycles. The van der Waals surface area contributed by atoms with E-state index in [2.05, 4.69) is 15.0 Å². The summed E-state index contributed by atoms with van der Waals surface area (Å²) in [5, 5.41) is 6.05. The minimum Gasteiger partial charge on any atom is -0.444 e. The molecule has 1 unspecified atom stereocenters. The summed E-state index contributed by atoms with van der Waals surface area (Å²) in [4.78, 5) is 37.1. The lowest BCUT2D eigenvalue weighted by atomic mass is 10.0. The number of likely N-dealkylation sites (tertiary alicyclic amines) is 1. The SMILES string of the molecule is CC(C)(C)OC(=O)N1CCCCC1C(=O)N1CCN(Cc2nc(-c3cccs3)no2)CC1. The molecule has 4 rings (SSSR count). The van der Waals surface area contributed by atoms with Crippen LogP contribution in [0.15, 0.2) is 22.0 Å². The van der Waals surface area contributed by atoms with Crippen molar-refractivity contribution in [3.05, 3.63) is 23.4 Å². The molecule has 2 aliphatic rings. The molecule has 0 spiro atoms. The molecule has 10 heteroatoms. The number of thiophene rings is 1. The molecule has 1 atom stereocenters. The van der Waals surface area contributed by atoms with Crippen molar-refractivity contribution in [2.45, 2.75) is 58.2 Å². The summed E-state index contributed by atoms with van der Waals surface area (Å²) < 4.78 is 10.9. The number of hydrogen-bond acceptors (Lipinski definition) is 8. The maximum Gasteiger partial charge on any atom is 0.410 e. The van der Waals surface area contributed by atoms with Gasteiger partial charge < -0.3 is 14.2 Å². The van der Waals surface area contributed by atoms with E-state index in [1.165, 1.54) is 0 Å². The van der Waals surface area contributed by atoms with Gasteiger partial charge in [0, 0.05) is 32.7 Å². The second-order valence-electron chi connectivity index (χ2n) is 9.28. The van der Waals surface area contributed by atoms with E-state index < -0.39 is 17.7 Å². The number of ether oxygens (including phenoxy) is 1. The van der Waals surface area contributed by atoms with Gasteiger partial charge in [0.1, 0.15) is 11.6 Å². The van der Waals surface area contributed by atoms with E-state index in [4.69, 9.17) is 9.26 Å². The Labute approximate surface area is 192 Å². The van der Waals surface area contributed by atoms with Crippen LogP contribution in [0.3, 0.4) is 0 Å². The van der Waals surface area contributed by atoms with Gasteiger partial charge in [0.15, 0.2) is 0 Å². The molecule has 2 fully saturated rings. The Balaban J connectivity index is 1.31. The van der Waals surface area contributed by atoms with Crippen LogP contribution in [0.5, 0.6) is 0 Å². The molecule has 0 radical (unpaired) electrons. The monoisotopic (exact) mass is 461 g/mol. The molecule has 0 N–H and O–H groups in total. The molecule has 0 aliphatic carbocycles. The molecule has 0 bridgehead atoms. The fourth-order valence-electron chi connectivity index (χ4n) is 4.08. The van der Waals surface area contributed by atoms with Gasteiger partial charge in [-0.15, -0.1) is 11.3 Å². The van der Waals surface area contributed by atoms with Gasteiger partial charge >= 0.3 is 6.09 Å². The Kier molecular flexibility index (Phi) is 6.80. The molecule has 2 aromatic rings. The third-order valence-electron chi connectivity index (χ3n) is 5.67. The van der Waals surface area contributed by atoms with Crippen molar-refractivity contribution in [3.63, 3.8) is 0 Å². The van der Waals surface area contributed by atoms with Crippen LogP contribution < -0.4 is 0 Å². The summed E-state index contributed by atoms with van der Waals surface area (Å²) in [6, 6.07) is 3.49. The Bertz CT molecular complexity index is 915. The second kappa shape index (κ2) is 9.58. The van der Waals surface area contributed by atoms with Crippen LogP contribution in [0.4, 0.5) is 4.79 Å². The predicted molar refractivity (Wildman–Crippen MR) is 120 cm³/mol. The van der Waals surface area contributed by atoms with Crippen molar-refractivity contribution in [2.75, 3.05) is 32.7 Å². The number of hydrogen-bond donors (Lipinski definition) is 0. The second-order valence-corrected chi connectivity index (χ2v) is 10.2. The van der Waals surface area contributed by atoms with Gasteiger partial charge in [-0.3, -0.25) is 14.6 Å². The lowest BCUT2D eigenvalue weighted by Gasteiger charge is -2.40. The number of carbonyl (C=O) groups excluding carboxylic acids is 2. The quantitative estimate of drug-likeness (QED) is 0.690. The van der Waals surface area contributed by atoms with Crippen molar-refractivity contribution in [3.8, 4) is 10.7 Å². The fourth-order valence-corrected chi connectivity index (χ4v) is 4.73. The van der Waals surface area contributed by atoms with Crippen LogP contribution in [0.25, 0.3) is 10.7 Å². The molecule has 2 aliphatic heterocycles. The number of aromatic nitrogens is 2. The number of nitrogens with zero attached hydrogens (tertiary/aromatic N) is 5. The first-order chi connectivity index (χ1) is 15.3. The Morgan fingerprint density at radius 3 is 2.66 bits per heavy atom. The molecule has 174 valence electrons. The molecule has 0 aromatic carbocycles. The summed E-state index contributed by atoms with van der Waals surface area (Å²) in [6.07, 6.45) is 2.13. The molecular weight excluding hydrogens is 430 g/mol. The van der Waals surface area contributed by atoms with Gasteiger partial charge in [0.25, 0.3) is 0 Å². The third kappa shape index (κ3) is 5.47.